The van der Waals surface area contributed by atoms with Gasteiger partial charge >= 0.3 is 6.09 Å². The fourth-order valence-corrected chi connectivity index (χ4v) is 1.72. The lowest BCUT2D eigenvalue weighted by Gasteiger charge is -2.19. The number of fused-ring (bicyclic) bond motifs is 1. The van der Waals surface area contributed by atoms with Crippen LogP contribution < -0.4 is 5.32 Å². The predicted octanol–water partition coefficient (Wildman–Crippen LogP) is 2.60. The zero-order valence-electron chi connectivity index (χ0n) is 12.5. The number of nitrogens with one attached hydrogen (secondary N) is 1. The van der Waals surface area contributed by atoms with E-state index in [-0.39, 0.29) is 0 Å². The number of carbonyl (C=O) groups excluding carboxylic acids is 1. The molecule has 2 heterocycles. The van der Waals surface area contributed by atoms with Crippen LogP contribution in [0.1, 0.15) is 32.9 Å². The Morgan fingerprint density at radius 2 is 2.24 bits per heavy atom. The van der Waals surface area contributed by atoms with Gasteiger partial charge in [0.1, 0.15) is 16.9 Å². The quantitative estimate of drug-likeness (QED) is 0.681. The molecular weight excluding hydrogens is 266 g/mol. The molecule has 0 bridgehead atoms. The fraction of sp³-hybridized carbons (Fsp3) is 0.375. The maximum absolute atomic E-state index is 11.4. The van der Waals surface area contributed by atoms with E-state index in [0.29, 0.717) is 13.0 Å². The van der Waals surface area contributed by atoms with Gasteiger partial charge in [0, 0.05) is 19.2 Å². The summed E-state index contributed by atoms with van der Waals surface area (Å²) in [4.78, 5) is 15.7. The highest BCUT2D eigenvalue weighted by molar-refractivity contribution is 5.67. The first kappa shape index (κ1) is 14.9. The van der Waals surface area contributed by atoms with Gasteiger partial charge in [0.15, 0.2) is 0 Å². The number of ether oxygens (including phenoxy) is 1. The molecule has 1 amide bonds. The van der Waals surface area contributed by atoms with Gasteiger partial charge in [0.25, 0.3) is 0 Å². The monoisotopic (exact) mass is 285 g/mol. The third kappa shape index (κ3) is 4.53. The minimum Gasteiger partial charge on any atom is -0.444 e. The van der Waals surface area contributed by atoms with Gasteiger partial charge in [-0.3, -0.25) is 4.40 Å². The molecule has 1 N–H and O–H groups in total. The van der Waals surface area contributed by atoms with Crippen molar-refractivity contribution in [2.75, 3.05) is 6.54 Å². The van der Waals surface area contributed by atoms with Crippen molar-refractivity contribution >= 4 is 11.7 Å². The smallest absolute Gasteiger partial charge is 0.407 e. The number of imidazole rings is 1. The normalized spacial score (nSPS) is 10.8. The third-order valence-corrected chi connectivity index (χ3v) is 2.55. The zero-order chi connectivity index (χ0) is 15.3. The largest absolute Gasteiger partial charge is 0.444 e. The van der Waals surface area contributed by atoms with E-state index in [1.165, 1.54) is 0 Å². The van der Waals surface area contributed by atoms with Gasteiger partial charge in [0.05, 0.1) is 6.20 Å². The minimum atomic E-state index is -0.480. The van der Waals surface area contributed by atoms with Crippen LogP contribution in [0.25, 0.3) is 5.65 Å². The van der Waals surface area contributed by atoms with Crippen LogP contribution in [0.3, 0.4) is 0 Å². The topological polar surface area (TPSA) is 55.6 Å². The Hall–Kier alpha value is -2.48. The van der Waals surface area contributed by atoms with Crippen LogP contribution in [-0.4, -0.2) is 27.6 Å². The molecule has 0 unspecified atom stereocenters. The molecule has 21 heavy (non-hydrogen) atoms. The zero-order valence-corrected chi connectivity index (χ0v) is 12.5. The lowest BCUT2D eigenvalue weighted by atomic mass is 10.2. The molecule has 0 spiro atoms. The van der Waals surface area contributed by atoms with Crippen LogP contribution in [0.15, 0.2) is 30.6 Å². The van der Waals surface area contributed by atoms with Crippen molar-refractivity contribution in [3.05, 3.63) is 36.3 Å². The molecule has 0 aliphatic heterocycles. The molecule has 5 heteroatoms. The van der Waals surface area contributed by atoms with Crippen LogP contribution in [0.4, 0.5) is 4.79 Å². The molecule has 5 nitrogen and oxygen atoms in total. The Labute approximate surface area is 124 Å². The summed E-state index contributed by atoms with van der Waals surface area (Å²) >= 11 is 0. The first-order valence-corrected chi connectivity index (χ1v) is 6.83. The molecule has 0 atom stereocenters. The molecule has 2 rings (SSSR count). The molecular formula is C16H19N3O2. The van der Waals surface area contributed by atoms with Gasteiger partial charge in [-0.25, -0.2) is 9.78 Å². The number of hydrogen-bond donors (Lipinski definition) is 1. The van der Waals surface area contributed by atoms with Crippen molar-refractivity contribution in [1.82, 2.24) is 14.7 Å². The Morgan fingerprint density at radius 3 is 3.00 bits per heavy atom. The Bertz CT molecular complexity index is 687. The minimum absolute atomic E-state index is 0.417. The molecule has 2 aromatic rings. The molecule has 0 saturated heterocycles. The van der Waals surface area contributed by atoms with Crippen LogP contribution in [0.2, 0.25) is 0 Å². The summed E-state index contributed by atoms with van der Waals surface area (Å²) < 4.78 is 7.06. The first-order valence-electron chi connectivity index (χ1n) is 6.83. The van der Waals surface area contributed by atoms with E-state index < -0.39 is 11.7 Å². The molecule has 0 aliphatic carbocycles. The summed E-state index contributed by atoms with van der Waals surface area (Å²) in [5.41, 5.74) is 1.23. The van der Waals surface area contributed by atoms with Crippen molar-refractivity contribution in [3.63, 3.8) is 0 Å². The Kier molecular flexibility index (Phi) is 4.49. The molecule has 0 saturated carbocycles. The molecule has 110 valence electrons. The average Bonchev–Trinajstić information content (AvgIpc) is 2.80. The van der Waals surface area contributed by atoms with E-state index >= 15 is 0 Å². The summed E-state index contributed by atoms with van der Waals surface area (Å²) in [5.74, 6) is 6.07. The maximum atomic E-state index is 11.4. The highest BCUT2D eigenvalue weighted by atomic mass is 16.6. The second-order valence-corrected chi connectivity index (χ2v) is 5.55. The molecule has 0 aliphatic rings. The van der Waals surface area contributed by atoms with E-state index in [2.05, 4.69) is 22.1 Å². The third-order valence-electron chi connectivity index (χ3n) is 2.55. The number of alkyl carbamates (subject to hydrolysis) is 1. The molecule has 0 radical (unpaired) electrons. The Balaban J connectivity index is 1.83. The first-order chi connectivity index (χ1) is 9.96. The average molecular weight is 285 g/mol. The SMILES string of the molecule is CC(C)(C)OC(=O)NCCC#Cc1cnc2ccccn12. The number of nitrogens with zero attached hydrogens (tertiary/aromatic N) is 2. The van der Waals surface area contributed by atoms with Crippen molar-refractivity contribution in [1.29, 1.82) is 0 Å². The maximum Gasteiger partial charge on any atom is 0.407 e. The summed E-state index contributed by atoms with van der Waals surface area (Å²) in [7, 11) is 0. The number of carbonyl (C=O) groups is 1. The highest BCUT2D eigenvalue weighted by Crippen LogP contribution is 2.06. The molecule has 0 fully saturated rings. The second kappa shape index (κ2) is 6.31. The van der Waals surface area contributed by atoms with Crippen LogP contribution >= 0.6 is 0 Å². The summed E-state index contributed by atoms with van der Waals surface area (Å²) in [6.45, 7) is 5.95. The molecule has 0 aromatic carbocycles. The van der Waals surface area contributed by atoms with E-state index in [4.69, 9.17) is 4.74 Å². The lowest BCUT2D eigenvalue weighted by molar-refractivity contribution is 0.0529. The van der Waals surface area contributed by atoms with E-state index in [0.717, 1.165) is 11.3 Å². The molecule has 2 aromatic heterocycles. The number of aromatic nitrogens is 2. The van der Waals surface area contributed by atoms with Crippen LogP contribution in [-0.2, 0) is 4.74 Å². The number of amides is 1. The van der Waals surface area contributed by atoms with Gasteiger partial charge in [0.2, 0.25) is 0 Å². The summed E-state index contributed by atoms with van der Waals surface area (Å²) in [5, 5.41) is 2.67. The number of rotatable bonds is 2. The van der Waals surface area contributed by atoms with Gasteiger partial charge in [-0.15, -0.1) is 0 Å². The van der Waals surface area contributed by atoms with Crippen molar-refractivity contribution < 1.29 is 9.53 Å². The predicted molar refractivity (Wildman–Crippen MR) is 80.9 cm³/mol. The van der Waals surface area contributed by atoms with Crippen molar-refractivity contribution in [2.45, 2.75) is 32.8 Å². The van der Waals surface area contributed by atoms with Gasteiger partial charge in [-0.05, 0) is 38.8 Å². The van der Waals surface area contributed by atoms with Gasteiger partial charge in [-0.1, -0.05) is 12.0 Å². The van der Waals surface area contributed by atoms with Crippen LogP contribution in [0.5, 0.6) is 0 Å². The Morgan fingerprint density at radius 1 is 1.43 bits per heavy atom. The lowest BCUT2D eigenvalue weighted by Crippen LogP contribution is -2.32. The number of hydrogen-bond acceptors (Lipinski definition) is 3. The van der Waals surface area contributed by atoms with E-state index in [1.807, 2.05) is 49.6 Å². The van der Waals surface area contributed by atoms with Gasteiger partial charge < -0.3 is 10.1 Å². The highest BCUT2D eigenvalue weighted by Gasteiger charge is 2.15. The summed E-state index contributed by atoms with van der Waals surface area (Å²) in [6, 6.07) is 5.80. The van der Waals surface area contributed by atoms with Crippen molar-refractivity contribution in [2.24, 2.45) is 0 Å². The second-order valence-electron chi connectivity index (χ2n) is 5.55. The summed E-state index contributed by atoms with van der Waals surface area (Å²) in [6.07, 6.45) is 3.80. The van der Waals surface area contributed by atoms with Crippen molar-refractivity contribution in [3.8, 4) is 11.8 Å². The van der Waals surface area contributed by atoms with Crippen LogP contribution in [0, 0.1) is 11.8 Å². The van der Waals surface area contributed by atoms with E-state index in [1.54, 1.807) is 6.20 Å². The van der Waals surface area contributed by atoms with E-state index in [9.17, 15) is 4.79 Å². The number of pyridine rings is 1. The van der Waals surface area contributed by atoms with Gasteiger partial charge in [-0.2, -0.15) is 0 Å². The fourth-order valence-electron chi connectivity index (χ4n) is 1.72. The standard InChI is InChI=1S/C16H19N3O2/c1-16(2,3)21-15(20)17-10-6-4-8-13-12-18-14-9-5-7-11-19(13)14/h5,7,9,11-12H,6,10H2,1-3H3,(H,17,20).